The van der Waals surface area contributed by atoms with Crippen molar-refractivity contribution in [2.45, 2.75) is 6.17 Å². The minimum absolute atomic E-state index is 0.270. The summed E-state index contributed by atoms with van der Waals surface area (Å²) in [6.45, 7) is 0. The maximum atomic E-state index is 5.12. The first-order valence-corrected chi connectivity index (χ1v) is 19.4. The van der Waals surface area contributed by atoms with Crippen molar-refractivity contribution in [3.05, 3.63) is 223 Å². The van der Waals surface area contributed by atoms with Gasteiger partial charge in [-0.05, 0) is 79.7 Å². The maximum absolute atomic E-state index is 5.12. The number of nitrogens with one attached hydrogen (secondary N) is 1. The average molecular weight is 729 g/mol. The Bertz CT molecular complexity index is 3190. The molecule has 0 bridgehead atoms. The van der Waals surface area contributed by atoms with Crippen molar-refractivity contribution in [3.8, 4) is 27.9 Å². The zero-order valence-electron chi connectivity index (χ0n) is 31.0. The van der Waals surface area contributed by atoms with E-state index in [2.05, 4.69) is 210 Å². The van der Waals surface area contributed by atoms with Crippen molar-refractivity contribution in [2.24, 2.45) is 9.98 Å². The lowest BCUT2D eigenvalue weighted by atomic mass is 10.00. The van der Waals surface area contributed by atoms with Crippen molar-refractivity contribution in [2.75, 3.05) is 0 Å². The van der Waals surface area contributed by atoms with E-state index in [0.29, 0.717) is 5.84 Å². The van der Waals surface area contributed by atoms with E-state index in [4.69, 9.17) is 9.98 Å². The van der Waals surface area contributed by atoms with E-state index in [0.717, 1.165) is 44.9 Å². The second kappa shape index (κ2) is 13.6. The van der Waals surface area contributed by atoms with Crippen LogP contribution >= 0.6 is 0 Å². The molecule has 0 saturated carbocycles. The molecule has 4 heteroatoms. The van der Waals surface area contributed by atoms with E-state index < -0.39 is 0 Å². The van der Waals surface area contributed by atoms with Gasteiger partial charge < -0.3 is 9.88 Å². The average Bonchev–Trinajstić information content (AvgIpc) is 3.64. The molecule has 0 spiro atoms. The van der Waals surface area contributed by atoms with Crippen molar-refractivity contribution >= 4 is 55.0 Å². The van der Waals surface area contributed by atoms with Gasteiger partial charge in [-0.15, -0.1) is 0 Å². The third-order valence-corrected chi connectivity index (χ3v) is 11.2. The molecule has 0 radical (unpaired) electrons. The number of amidine groups is 2. The Morgan fingerprint density at radius 2 is 1.02 bits per heavy atom. The van der Waals surface area contributed by atoms with Crippen LogP contribution in [0.25, 0.3) is 71.3 Å². The minimum atomic E-state index is -0.270. The molecule has 9 aromatic carbocycles. The molecule has 0 aliphatic carbocycles. The summed E-state index contributed by atoms with van der Waals surface area (Å²) < 4.78 is 2.40. The summed E-state index contributed by atoms with van der Waals surface area (Å²) in [5, 5.41) is 11.2. The summed E-state index contributed by atoms with van der Waals surface area (Å²) in [5.74, 6) is 1.50. The molecule has 268 valence electrons. The van der Waals surface area contributed by atoms with Gasteiger partial charge >= 0.3 is 0 Å². The van der Waals surface area contributed by atoms with Crippen LogP contribution in [-0.2, 0) is 0 Å². The second-order valence-electron chi connectivity index (χ2n) is 14.7. The molecule has 1 aliphatic rings. The van der Waals surface area contributed by atoms with Crippen molar-refractivity contribution < 1.29 is 0 Å². The van der Waals surface area contributed by atoms with Gasteiger partial charge in [-0.3, -0.25) is 0 Å². The number of aromatic nitrogens is 1. The number of hydrogen-bond acceptors (Lipinski definition) is 3. The van der Waals surface area contributed by atoms with Gasteiger partial charge in [0.15, 0.2) is 5.84 Å². The molecule has 0 fully saturated rings. The highest BCUT2D eigenvalue weighted by Gasteiger charge is 2.21. The molecule has 57 heavy (non-hydrogen) atoms. The van der Waals surface area contributed by atoms with Gasteiger partial charge in [0, 0.05) is 27.6 Å². The van der Waals surface area contributed by atoms with Crippen LogP contribution in [0.5, 0.6) is 0 Å². The molecule has 1 N–H and O–H groups in total. The first-order valence-electron chi connectivity index (χ1n) is 19.4. The number of benzene rings is 9. The summed E-state index contributed by atoms with van der Waals surface area (Å²) in [6.07, 6.45) is -0.270. The van der Waals surface area contributed by atoms with Crippen molar-refractivity contribution in [3.63, 3.8) is 0 Å². The molecule has 2 heterocycles. The molecule has 10 aromatic rings. The molecular formula is C53H36N4. The van der Waals surface area contributed by atoms with Crippen molar-refractivity contribution in [1.82, 2.24) is 9.88 Å². The minimum Gasteiger partial charge on any atom is -0.344 e. The highest BCUT2D eigenvalue weighted by molar-refractivity contribution is 6.21. The zero-order chi connectivity index (χ0) is 37.7. The molecule has 1 aliphatic heterocycles. The van der Waals surface area contributed by atoms with Crippen LogP contribution in [0.2, 0.25) is 0 Å². The summed E-state index contributed by atoms with van der Waals surface area (Å²) in [6, 6.07) is 73.5. The van der Waals surface area contributed by atoms with Crippen LogP contribution in [0.4, 0.5) is 0 Å². The SMILES string of the molecule is c1ccc(C2N=C(c3ccc(-c4ccc5ccccc5c4)cc3)N=C(c3ccc(-c4cccc(-n5c6ccccc6c6c7ccccc7ccc65)c4)cc3)N2)cc1. The lowest BCUT2D eigenvalue weighted by molar-refractivity contribution is 0.674. The fraction of sp³-hybridized carbons (Fsp3) is 0.0189. The van der Waals surface area contributed by atoms with Gasteiger partial charge in [-0.1, -0.05) is 176 Å². The third kappa shape index (κ3) is 5.87. The molecule has 1 atom stereocenters. The van der Waals surface area contributed by atoms with Crippen molar-refractivity contribution in [1.29, 1.82) is 0 Å². The summed E-state index contributed by atoms with van der Waals surface area (Å²) in [7, 11) is 0. The normalized spacial score (nSPS) is 14.1. The molecule has 11 rings (SSSR count). The van der Waals surface area contributed by atoms with Crippen LogP contribution in [0.3, 0.4) is 0 Å². The summed E-state index contributed by atoms with van der Waals surface area (Å²) >= 11 is 0. The van der Waals surface area contributed by atoms with E-state index >= 15 is 0 Å². The Morgan fingerprint density at radius 3 is 1.82 bits per heavy atom. The Morgan fingerprint density at radius 1 is 0.404 bits per heavy atom. The number of hydrogen-bond donors (Lipinski definition) is 1. The number of fused-ring (bicyclic) bond motifs is 6. The van der Waals surface area contributed by atoms with Gasteiger partial charge in [0.2, 0.25) is 0 Å². The predicted molar refractivity (Wildman–Crippen MR) is 238 cm³/mol. The van der Waals surface area contributed by atoms with Gasteiger partial charge in [0.05, 0.1) is 11.0 Å². The first-order chi connectivity index (χ1) is 28.2. The number of aliphatic imine (C=N–C) groups is 2. The van der Waals surface area contributed by atoms with Gasteiger partial charge in [0.1, 0.15) is 12.0 Å². The first kappa shape index (κ1) is 32.8. The third-order valence-electron chi connectivity index (χ3n) is 11.2. The molecule has 0 saturated heterocycles. The van der Waals surface area contributed by atoms with Crippen LogP contribution in [0.15, 0.2) is 216 Å². The molecular weight excluding hydrogens is 693 g/mol. The monoisotopic (exact) mass is 728 g/mol. The number of para-hydroxylation sites is 1. The topological polar surface area (TPSA) is 41.7 Å². The Balaban J connectivity index is 0.932. The zero-order valence-corrected chi connectivity index (χ0v) is 31.0. The van der Waals surface area contributed by atoms with E-state index in [-0.39, 0.29) is 6.17 Å². The Labute approximate surface area is 330 Å². The van der Waals surface area contributed by atoms with Crippen LogP contribution < -0.4 is 5.32 Å². The lowest BCUT2D eigenvalue weighted by Crippen LogP contribution is -2.33. The highest BCUT2D eigenvalue weighted by Crippen LogP contribution is 2.37. The number of nitrogens with zero attached hydrogens (tertiary/aromatic N) is 3. The fourth-order valence-corrected chi connectivity index (χ4v) is 8.37. The second-order valence-corrected chi connectivity index (χ2v) is 14.7. The summed E-state index contributed by atoms with van der Waals surface area (Å²) in [5.41, 5.74) is 11.3. The number of rotatable bonds is 6. The van der Waals surface area contributed by atoms with E-state index in [9.17, 15) is 0 Å². The fourth-order valence-electron chi connectivity index (χ4n) is 8.37. The largest absolute Gasteiger partial charge is 0.344 e. The maximum Gasteiger partial charge on any atom is 0.159 e. The predicted octanol–water partition coefficient (Wildman–Crippen LogP) is 12.9. The summed E-state index contributed by atoms with van der Waals surface area (Å²) in [4.78, 5) is 10.2. The van der Waals surface area contributed by atoms with Crippen LogP contribution in [0, 0.1) is 0 Å². The molecule has 0 amide bonds. The van der Waals surface area contributed by atoms with Crippen LogP contribution in [-0.4, -0.2) is 16.2 Å². The van der Waals surface area contributed by atoms with Gasteiger partial charge in [-0.25, -0.2) is 9.98 Å². The quantitative estimate of drug-likeness (QED) is 0.182. The van der Waals surface area contributed by atoms with E-state index in [1.165, 1.54) is 48.9 Å². The highest BCUT2D eigenvalue weighted by atomic mass is 15.2. The van der Waals surface area contributed by atoms with Crippen LogP contribution in [0.1, 0.15) is 22.9 Å². The molecule has 1 aromatic heterocycles. The lowest BCUT2D eigenvalue weighted by Gasteiger charge is -2.24. The van der Waals surface area contributed by atoms with Gasteiger partial charge in [0.25, 0.3) is 0 Å². The van der Waals surface area contributed by atoms with E-state index in [1.807, 2.05) is 6.07 Å². The standard InChI is InChI=1S/C53H36N4/c1-2-13-39(14-3-1)51-54-52(56-53(55-51)41-28-23-37(24-29-41)44-30-25-35-11-4-5-15-42(35)33-44)40-26-21-36(22-27-40)43-16-10-17-45(34-43)57-48-20-9-8-19-47(48)50-46-18-7-6-12-38(46)31-32-49(50)57/h1-34,51H,(H,54,55,56). The van der Waals surface area contributed by atoms with Gasteiger partial charge in [-0.2, -0.15) is 0 Å². The Kier molecular flexibility index (Phi) is 7.85. The molecule has 4 nitrogen and oxygen atoms in total. The Hall–Kier alpha value is -7.56. The van der Waals surface area contributed by atoms with E-state index in [1.54, 1.807) is 0 Å². The molecule has 1 unspecified atom stereocenters. The smallest absolute Gasteiger partial charge is 0.159 e.